The Bertz CT molecular complexity index is 2410. The molecule has 6 aromatic rings. The molecule has 1 aliphatic rings. The molecule has 9 nitrogen and oxygen atoms in total. The highest BCUT2D eigenvalue weighted by Crippen LogP contribution is 2.87. The van der Waals surface area contributed by atoms with Crippen molar-refractivity contribution in [2.24, 2.45) is 13.5 Å². The van der Waals surface area contributed by atoms with Crippen LogP contribution in [0.4, 0.5) is 0 Å². The fourth-order valence-corrected chi connectivity index (χ4v) is 28.1. The summed E-state index contributed by atoms with van der Waals surface area (Å²) in [6, 6.07) is 46.2. The summed E-state index contributed by atoms with van der Waals surface area (Å²) in [7, 11) is 0. The van der Waals surface area contributed by atoms with Crippen molar-refractivity contribution in [2.45, 2.75) is 57.8 Å². The van der Waals surface area contributed by atoms with Crippen molar-refractivity contribution < 1.29 is 28.9 Å². The van der Waals surface area contributed by atoms with Crippen molar-refractivity contribution in [3.63, 3.8) is 0 Å². The van der Waals surface area contributed by atoms with Gasteiger partial charge in [-0.25, -0.2) is 0 Å². The number of phenols is 3. The van der Waals surface area contributed by atoms with Gasteiger partial charge in [-0.3, -0.25) is 0 Å². The van der Waals surface area contributed by atoms with Crippen molar-refractivity contribution in [3.05, 3.63) is 179 Å². The molecule has 330 valence electrons. The highest BCUT2D eigenvalue weighted by molar-refractivity contribution is 8.66. The number of aromatic hydroxyl groups is 3. The molecule has 7 rings (SSSR count). The molecular formula is C48H54N3O6P3S3. The van der Waals surface area contributed by atoms with E-state index in [1.807, 2.05) is 91.6 Å². The Morgan fingerprint density at radius 3 is 0.683 bits per heavy atom. The number of hydrogen-bond acceptors (Lipinski definition) is 12. The van der Waals surface area contributed by atoms with E-state index in [-0.39, 0.29) is 33.5 Å². The molecule has 0 saturated carbocycles. The molecule has 6 aromatic carbocycles. The van der Waals surface area contributed by atoms with E-state index in [0.29, 0.717) is 17.2 Å². The summed E-state index contributed by atoms with van der Waals surface area (Å²) in [5.74, 6) is 2.56. The maximum absolute atomic E-state index is 9.91. The van der Waals surface area contributed by atoms with Gasteiger partial charge >= 0.3 is 19.9 Å². The SMILES string of the molecule is CSP1(Oc2ccc(C(C)(C)c3ccc(O)cc3)cc2)=NP(Oc2ccc(C(C)(C)c3ccc(O)cc3)cc2)(SC)=NP(Oc2ccc(C(C)(C)c3ccc(O)cc3)cc2)(SC)=N1. The molecule has 15 heteroatoms. The van der Waals surface area contributed by atoms with E-state index in [9.17, 15) is 15.3 Å². The van der Waals surface area contributed by atoms with Crippen LogP contribution in [-0.2, 0) is 16.2 Å². The Hall–Kier alpha value is -4.14. The summed E-state index contributed by atoms with van der Waals surface area (Å²) in [5.41, 5.74) is 5.49. The highest BCUT2D eigenvalue weighted by atomic mass is 32.8. The maximum Gasteiger partial charge on any atom is 0.317 e. The molecule has 0 bridgehead atoms. The molecule has 0 aliphatic carbocycles. The lowest BCUT2D eigenvalue weighted by Gasteiger charge is -2.33. The van der Waals surface area contributed by atoms with E-state index in [1.54, 1.807) is 36.4 Å². The van der Waals surface area contributed by atoms with Gasteiger partial charge in [-0.05, 0) is 125 Å². The number of hydrogen-bond donors (Lipinski definition) is 3. The van der Waals surface area contributed by atoms with Crippen LogP contribution in [0.1, 0.15) is 74.9 Å². The zero-order valence-electron chi connectivity index (χ0n) is 36.8. The van der Waals surface area contributed by atoms with E-state index in [2.05, 4.69) is 77.9 Å². The van der Waals surface area contributed by atoms with Crippen LogP contribution in [-0.4, -0.2) is 34.1 Å². The van der Waals surface area contributed by atoms with Crippen molar-refractivity contribution in [3.8, 4) is 34.5 Å². The topological polar surface area (TPSA) is 125 Å². The van der Waals surface area contributed by atoms with Gasteiger partial charge in [0.1, 0.15) is 34.5 Å². The molecule has 1 heterocycles. The molecule has 0 radical (unpaired) electrons. The van der Waals surface area contributed by atoms with Gasteiger partial charge in [0.25, 0.3) is 0 Å². The molecule has 0 amide bonds. The second-order valence-electron chi connectivity index (χ2n) is 16.7. The van der Waals surface area contributed by atoms with E-state index in [4.69, 9.17) is 27.1 Å². The molecule has 3 N–H and O–H groups in total. The van der Waals surface area contributed by atoms with Gasteiger partial charge in [-0.1, -0.05) is 148 Å². The largest absolute Gasteiger partial charge is 0.508 e. The van der Waals surface area contributed by atoms with Gasteiger partial charge in [0.2, 0.25) is 0 Å². The first kappa shape index (κ1) is 46.8. The molecule has 1 aliphatic heterocycles. The Morgan fingerprint density at radius 1 is 0.333 bits per heavy atom. The van der Waals surface area contributed by atoms with E-state index in [1.165, 1.54) is 34.1 Å². The fourth-order valence-electron chi connectivity index (χ4n) is 7.27. The van der Waals surface area contributed by atoms with Crippen LogP contribution in [0.25, 0.3) is 0 Å². The minimum Gasteiger partial charge on any atom is -0.508 e. The Morgan fingerprint density at radius 2 is 0.508 bits per heavy atom. The smallest absolute Gasteiger partial charge is 0.317 e. The van der Waals surface area contributed by atoms with Crippen LogP contribution in [0.15, 0.2) is 159 Å². The summed E-state index contributed by atoms with van der Waals surface area (Å²) < 4.78 is 37.3. The highest BCUT2D eigenvalue weighted by Gasteiger charge is 2.42. The summed E-state index contributed by atoms with van der Waals surface area (Å²) in [4.78, 5) is 0. The first-order valence-corrected chi connectivity index (χ1v) is 30.6. The fraction of sp³-hybridized carbons (Fsp3) is 0.250. The second kappa shape index (κ2) is 18.4. The lowest BCUT2D eigenvalue weighted by Crippen LogP contribution is -2.18. The number of nitrogens with zero attached hydrogens (tertiary/aromatic N) is 3. The van der Waals surface area contributed by atoms with Crippen LogP contribution >= 0.6 is 54.0 Å². The molecule has 0 fully saturated rings. The monoisotopic (exact) mass is 957 g/mol. The summed E-state index contributed by atoms with van der Waals surface area (Å²) in [5, 5.41) is 29.7. The van der Waals surface area contributed by atoms with Crippen molar-refractivity contribution in [1.82, 2.24) is 0 Å². The predicted octanol–water partition coefficient (Wildman–Crippen LogP) is 16.3. The van der Waals surface area contributed by atoms with E-state index < -0.39 is 19.9 Å². The molecular weight excluding hydrogens is 904 g/mol. The third-order valence-electron chi connectivity index (χ3n) is 11.6. The van der Waals surface area contributed by atoms with Crippen LogP contribution in [0.3, 0.4) is 0 Å². The molecule has 0 aromatic heterocycles. The van der Waals surface area contributed by atoms with Gasteiger partial charge in [0, 0.05) is 16.2 Å². The van der Waals surface area contributed by atoms with Gasteiger partial charge in [0.05, 0.1) is 0 Å². The van der Waals surface area contributed by atoms with E-state index >= 15 is 0 Å². The second-order valence-corrected chi connectivity index (χ2v) is 31.0. The zero-order valence-corrected chi connectivity index (χ0v) is 42.0. The van der Waals surface area contributed by atoms with Gasteiger partial charge < -0.3 is 28.9 Å². The summed E-state index contributed by atoms with van der Waals surface area (Å²) >= 11 is 4.40. The van der Waals surface area contributed by atoms with Gasteiger partial charge in [-0.15, -0.1) is 0 Å². The van der Waals surface area contributed by atoms with Crippen molar-refractivity contribution >= 4 is 54.0 Å². The van der Waals surface area contributed by atoms with E-state index in [0.717, 1.165) is 33.4 Å². The maximum atomic E-state index is 9.91. The van der Waals surface area contributed by atoms with Crippen molar-refractivity contribution in [2.75, 3.05) is 18.8 Å². The lowest BCUT2D eigenvalue weighted by atomic mass is 9.78. The Kier molecular flexibility index (Phi) is 13.7. The summed E-state index contributed by atoms with van der Waals surface area (Å²) in [6.45, 7) is 3.61. The third-order valence-corrected chi connectivity index (χ3v) is 28.7. The average molecular weight is 958 g/mol. The van der Waals surface area contributed by atoms with Crippen molar-refractivity contribution in [1.29, 1.82) is 0 Å². The predicted molar refractivity (Wildman–Crippen MR) is 271 cm³/mol. The zero-order chi connectivity index (χ0) is 45.3. The molecule has 0 spiro atoms. The standard InChI is InChI=1S/C48H54N3O6P3S3/c1-46(2,34-10-22-40(52)23-11-34)37-16-28-43(29-17-37)55-58(61-7)49-59(62-8,56-44-30-18-38(19-31-44)47(3,4)35-12-24-41(53)25-13-35)51-60(50-58,63-9)57-45-32-20-39(21-33-45)48(5,6)36-14-26-42(54)27-15-36/h10-33,52-54H,1-9H3. The molecule has 63 heavy (non-hydrogen) atoms. The number of rotatable bonds is 15. The molecule has 0 unspecified atom stereocenters. The quantitative estimate of drug-likeness (QED) is 0.0863. The first-order chi connectivity index (χ1) is 29.9. The van der Waals surface area contributed by atoms with Crippen LogP contribution in [0.2, 0.25) is 0 Å². The van der Waals surface area contributed by atoms with Gasteiger partial charge in [0.15, 0.2) is 0 Å². The minimum atomic E-state index is -3.11. The lowest BCUT2D eigenvalue weighted by molar-refractivity contribution is 0.474. The number of benzene rings is 6. The van der Waals surface area contributed by atoms with Gasteiger partial charge in [-0.2, -0.15) is 13.5 Å². The van der Waals surface area contributed by atoms with Crippen LogP contribution < -0.4 is 13.6 Å². The van der Waals surface area contributed by atoms with Crippen LogP contribution in [0, 0.1) is 0 Å². The molecule has 0 atom stereocenters. The normalized spacial score (nSPS) is 20.1. The first-order valence-electron chi connectivity index (χ1n) is 20.2. The summed E-state index contributed by atoms with van der Waals surface area (Å²) in [6.07, 6.45) is 5.91. The minimum absolute atomic E-state index is 0.232. The molecule has 0 saturated heterocycles. The number of phenolic OH excluding ortho intramolecular Hbond substituents is 3. The van der Waals surface area contributed by atoms with Crippen LogP contribution in [0.5, 0.6) is 34.5 Å². The third kappa shape index (κ3) is 10.1. The Balaban J connectivity index is 1.28. The average Bonchev–Trinajstić information content (AvgIpc) is 3.27. The Labute approximate surface area is 384 Å².